The number of amides is 1. The van der Waals surface area contributed by atoms with E-state index in [4.69, 9.17) is 15.6 Å². The first-order chi connectivity index (χ1) is 12.6. The summed E-state index contributed by atoms with van der Waals surface area (Å²) in [6, 6.07) is 0. The summed E-state index contributed by atoms with van der Waals surface area (Å²) in [7, 11) is 0. The molecule has 0 saturated carbocycles. The highest BCUT2D eigenvalue weighted by Gasteiger charge is 2.45. The number of carbonyl (C=O) groups is 1. The number of alkyl halides is 4. The topological polar surface area (TPSA) is 140 Å². The summed E-state index contributed by atoms with van der Waals surface area (Å²) in [5.74, 6) is -2.28. The van der Waals surface area contributed by atoms with Crippen LogP contribution in [0.1, 0.15) is 18.2 Å². The number of rotatable bonds is 6. The van der Waals surface area contributed by atoms with E-state index in [2.05, 4.69) is 4.98 Å². The zero-order valence-electron chi connectivity index (χ0n) is 13.8. The molecule has 0 radical (unpaired) electrons. The van der Waals surface area contributed by atoms with Gasteiger partial charge in [-0.05, 0) is 12.8 Å². The lowest BCUT2D eigenvalue weighted by Gasteiger charge is -2.17. The highest BCUT2D eigenvalue weighted by molar-refractivity contribution is 5.81. The van der Waals surface area contributed by atoms with Crippen LogP contribution >= 0.6 is 0 Å². The fourth-order valence-electron chi connectivity index (χ4n) is 2.56. The molecule has 152 valence electrons. The van der Waals surface area contributed by atoms with Gasteiger partial charge in [0.15, 0.2) is 12.4 Å². The molecule has 4 atom stereocenters. The second-order valence-electron chi connectivity index (χ2n) is 5.88. The lowest BCUT2D eigenvalue weighted by atomic mass is 10.1. The van der Waals surface area contributed by atoms with Crippen molar-refractivity contribution < 1.29 is 37.3 Å². The molecule has 1 saturated heterocycles. The Balaban J connectivity index is 2.08. The largest absolute Gasteiger partial charge is 0.471 e. The van der Waals surface area contributed by atoms with E-state index < -0.39 is 49.0 Å². The zero-order chi connectivity index (χ0) is 20.4. The number of hydrogen-bond acceptors (Lipinski definition) is 7. The number of aliphatic hydroxyl groups excluding tert-OH is 2. The second-order valence-corrected chi connectivity index (χ2v) is 5.88. The Bertz CT molecular complexity index is 741. The number of carbonyl (C=O) groups excluding carboxylic acids is 1. The molecule has 13 heteroatoms. The van der Waals surface area contributed by atoms with Crippen molar-refractivity contribution in [3.63, 3.8) is 0 Å². The van der Waals surface area contributed by atoms with Crippen LogP contribution in [0.3, 0.4) is 0 Å². The first-order valence-electron chi connectivity index (χ1n) is 7.87. The van der Waals surface area contributed by atoms with E-state index >= 15 is 0 Å². The van der Waals surface area contributed by atoms with Gasteiger partial charge in [-0.15, -0.1) is 0 Å². The maximum Gasteiger partial charge on any atom is 0.471 e. The van der Waals surface area contributed by atoms with Gasteiger partial charge in [-0.25, -0.2) is 9.18 Å². The molecule has 9 nitrogen and oxygen atoms in total. The number of anilines is 1. The highest BCUT2D eigenvalue weighted by atomic mass is 19.4. The van der Waals surface area contributed by atoms with Gasteiger partial charge in [-0.3, -0.25) is 9.36 Å². The minimum absolute atomic E-state index is 0.0346. The molecule has 1 aliphatic heterocycles. The van der Waals surface area contributed by atoms with Crippen molar-refractivity contribution in [2.24, 2.45) is 0 Å². The van der Waals surface area contributed by atoms with Crippen LogP contribution in [0, 0.1) is 0 Å². The predicted molar refractivity (Wildman–Crippen MR) is 82.2 cm³/mol. The van der Waals surface area contributed by atoms with Gasteiger partial charge >= 0.3 is 17.8 Å². The van der Waals surface area contributed by atoms with Crippen LogP contribution in [0.15, 0.2) is 11.0 Å². The summed E-state index contributed by atoms with van der Waals surface area (Å²) in [6.45, 7) is -0.977. The normalized spacial score (nSPS) is 25.6. The quantitative estimate of drug-likeness (QED) is 0.357. The van der Waals surface area contributed by atoms with Gasteiger partial charge in [-0.2, -0.15) is 18.2 Å². The van der Waals surface area contributed by atoms with Gasteiger partial charge in [0.1, 0.15) is 18.0 Å². The van der Waals surface area contributed by atoms with Crippen molar-refractivity contribution in [3.8, 4) is 0 Å². The maximum atomic E-state index is 14.2. The molecule has 1 aromatic rings. The molecule has 0 aromatic carbocycles. The van der Waals surface area contributed by atoms with Gasteiger partial charge < -0.3 is 26.0 Å². The van der Waals surface area contributed by atoms with Crippen LogP contribution in [0.5, 0.6) is 0 Å². The number of halogens is 4. The van der Waals surface area contributed by atoms with Crippen molar-refractivity contribution in [2.75, 3.05) is 18.9 Å². The molecule has 1 aromatic heterocycles. The number of nitrogens with two attached hydrogens (primary N) is 1. The van der Waals surface area contributed by atoms with Crippen molar-refractivity contribution in [1.29, 1.82) is 0 Å². The third-order valence-electron chi connectivity index (χ3n) is 3.97. The summed E-state index contributed by atoms with van der Waals surface area (Å²) in [4.78, 5) is 26.2. The van der Waals surface area contributed by atoms with Gasteiger partial charge in [0, 0.05) is 18.3 Å². The second kappa shape index (κ2) is 8.19. The smallest absolute Gasteiger partial charge is 0.394 e. The maximum absolute atomic E-state index is 14.2. The highest BCUT2D eigenvalue weighted by Crippen LogP contribution is 2.31. The Morgan fingerprint density at radius 1 is 1.44 bits per heavy atom. The van der Waals surface area contributed by atoms with Crippen LogP contribution < -0.4 is 16.7 Å². The van der Waals surface area contributed by atoms with Gasteiger partial charge in [0.05, 0.1) is 6.61 Å². The van der Waals surface area contributed by atoms with E-state index in [-0.39, 0.29) is 30.8 Å². The van der Waals surface area contributed by atoms with Crippen molar-refractivity contribution in [3.05, 3.63) is 22.2 Å². The molecule has 27 heavy (non-hydrogen) atoms. The fourth-order valence-corrected chi connectivity index (χ4v) is 2.56. The number of nitrogen functional groups attached to an aromatic ring is 1. The average molecular weight is 398 g/mol. The van der Waals surface area contributed by atoms with Crippen LogP contribution in [0.25, 0.3) is 0 Å². The summed E-state index contributed by atoms with van der Waals surface area (Å²) in [5.41, 5.74) is 4.86. The molecule has 1 amide bonds. The molecule has 1 aliphatic rings. The first kappa shape index (κ1) is 21.1. The van der Waals surface area contributed by atoms with Crippen molar-refractivity contribution in [1.82, 2.24) is 14.9 Å². The Kier molecular flexibility index (Phi) is 6.38. The molecule has 2 heterocycles. The molecule has 5 N–H and O–H groups in total. The zero-order valence-corrected chi connectivity index (χ0v) is 13.8. The first-order valence-corrected chi connectivity index (χ1v) is 7.87. The SMILES string of the molecule is Nc1nc(=O)n([C@@H]2O[C@H](CO)[C@@H](O)[C@H]2F)cc1CCCNC(=O)C(F)(F)F. The summed E-state index contributed by atoms with van der Waals surface area (Å²) < 4.78 is 56.3. The number of aliphatic hydroxyl groups is 2. The Hall–Kier alpha value is -2.25. The fraction of sp³-hybridized carbons (Fsp3) is 0.643. The number of ether oxygens (including phenoxy) is 1. The van der Waals surface area contributed by atoms with E-state index in [1.807, 2.05) is 0 Å². The van der Waals surface area contributed by atoms with E-state index in [1.54, 1.807) is 5.32 Å². The Labute approximate surface area is 149 Å². The number of nitrogens with zero attached hydrogens (tertiary/aromatic N) is 2. The molecule has 0 aliphatic carbocycles. The van der Waals surface area contributed by atoms with Crippen molar-refractivity contribution >= 4 is 11.7 Å². The van der Waals surface area contributed by atoms with E-state index in [1.165, 1.54) is 0 Å². The molecule has 0 unspecified atom stereocenters. The number of aryl methyl sites for hydroxylation is 1. The van der Waals surface area contributed by atoms with Crippen molar-refractivity contribution in [2.45, 2.75) is 43.6 Å². The van der Waals surface area contributed by atoms with Crippen LogP contribution in [0.2, 0.25) is 0 Å². The van der Waals surface area contributed by atoms with E-state index in [0.717, 1.165) is 10.8 Å². The third kappa shape index (κ3) is 4.73. The monoisotopic (exact) mass is 398 g/mol. The van der Waals surface area contributed by atoms with Crippen LogP contribution in [-0.4, -0.2) is 63.4 Å². The van der Waals surface area contributed by atoms with E-state index in [9.17, 15) is 32.3 Å². The molecular formula is C14H18F4N4O5. The molecule has 0 bridgehead atoms. The number of hydrogen-bond donors (Lipinski definition) is 4. The summed E-state index contributed by atoms with van der Waals surface area (Å²) in [6.07, 6.45) is -10.2. The minimum atomic E-state index is -4.99. The third-order valence-corrected chi connectivity index (χ3v) is 3.97. The standard InChI is InChI=1S/C14H18F4N4O5/c15-8-9(24)7(5-23)27-11(8)22-4-6(10(19)21-13(22)26)2-1-3-20-12(25)14(16,17)18/h4,7-9,11,23-24H,1-3,5H2,(H,20,25)(H2,19,21,26)/t7-,8-,9-,11-/m1/s1. The number of aromatic nitrogens is 2. The van der Waals surface area contributed by atoms with Crippen LogP contribution in [0.4, 0.5) is 23.4 Å². The molecule has 1 fully saturated rings. The average Bonchev–Trinajstić information content (AvgIpc) is 2.87. The molecule has 2 rings (SSSR count). The molecular weight excluding hydrogens is 380 g/mol. The van der Waals surface area contributed by atoms with Crippen LogP contribution in [-0.2, 0) is 16.0 Å². The van der Waals surface area contributed by atoms with Gasteiger partial charge in [-0.1, -0.05) is 0 Å². The Morgan fingerprint density at radius 3 is 2.67 bits per heavy atom. The minimum Gasteiger partial charge on any atom is -0.394 e. The van der Waals surface area contributed by atoms with Gasteiger partial charge in [0.25, 0.3) is 0 Å². The summed E-state index contributed by atoms with van der Waals surface area (Å²) in [5, 5.41) is 20.4. The molecule has 0 spiro atoms. The van der Waals surface area contributed by atoms with Gasteiger partial charge in [0.2, 0.25) is 0 Å². The summed E-state index contributed by atoms with van der Waals surface area (Å²) >= 11 is 0. The lowest BCUT2D eigenvalue weighted by Crippen LogP contribution is -2.37. The predicted octanol–water partition coefficient (Wildman–Crippen LogP) is -0.975. The lowest BCUT2D eigenvalue weighted by molar-refractivity contribution is -0.173. The van der Waals surface area contributed by atoms with E-state index in [0.29, 0.717) is 0 Å². The number of nitrogens with one attached hydrogen (secondary N) is 1. The Morgan fingerprint density at radius 2 is 2.11 bits per heavy atom.